The number of β-amino-alcohol motifs (C(OH)–C–C–N with tert-alkyl or cyclic N) is 1. The van der Waals surface area contributed by atoms with Crippen LogP contribution < -0.4 is 9.47 Å². The van der Waals surface area contributed by atoms with Crippen molar-refractivity contribution in [3.63, 3.8) is 0 Å². The fourth-order valence-corrected chi connectivity index (χ4v) is 5.66. The summed E-state index contributed by atoms with van der Waals surface area (Å²) in [4.78, 5) is 25.6. The van der Waals surface area contributed by atoms with E-state index in [0.29, 0.717) is 72.3 Å². The second-order valence-corrected chi connectivity index (χ2v) is 10.8. The van der Waals surface area contributed by atoms with Crippen LogP contribution in [0.1, 0.15) is 35.7 Å². The molecular formula is C31H34Cl2N4O4. The maximum Gasteiger partial charge on any atom is 0.326 e. The van der Waals surface area contributed by atoms with Crippen molar-refractivity contribution in [3.8, 4) is 11.5 Å². The minimum absolute atomic E-state index is 0.0916. The largest absolute Gasteiger partial charge is 0.497 e. The van der Waals surface area contributed by atoms with E-state index in [1.54, 1.807) is 12.0 Å². The zero-order chi connectivity index (χ0) is 28.9. The molecule has 1 fully saturated rings. The van der Waals surface area contributed by atoms with Crippen molar-refractivity contribution in [2.24, 2.45) is 4.99 Å². The fraction of sp³-hybridized carbons (Fsp3) is 0.355. The number of halogens is 2. The van der Waals surface area contributed by atoms with Crippen molar-refractivity contribution in [3.05, 3.63) is 93.5 Å². The molecule has 1 saturated heterocycles. The van der Waals surface area contributed by atoms with Crippen LogP contribution in [0.15, 0.2) is 71.7 Å². The SMILES string of the molecule is CCOc1ccc(OC)cc1C1=NC(c2ccc(Cl)cc2)C(c2ccc(Cl)cc2)N1C(=O)N1CCN(CCO)CC1. The quantitative estimate of drug-likeness (QED) is 0.362. The van der Waals surface area contributed by atoms with Crippen molar-refractivity contribution in [1.29, 1.82) is 0 Å². The molecule has 2 aliphatic rings. The summed E-state index contributed by atoms with van der Waals surface area (Å²) in [6, 6.07) is 19.7. The molecule has 2 amide bonds. The third-order valence-electron chi connectivity index (χ3n) is 7.48. The lowest BCUT2D eigenvalue weighted by Gasteiger charge is -2.39. The van der Waals surface area contributed by atoms with Gasteiger partial charge in [0.05, 0.1) is 31.9 Å². The minimum atomic E-state index is -0.452. The summed E-state index contributed by atoms with van der Waals surface area (Å²) in [7, 11) is 1.61. The predicted octanol–water partition coefficient (Wildman–Crippen LogP) is 5.68. The average Bonchev–Trinajstić information content (AvgIpc) is 3.39. The summed E-state index contributed by atoms with van der Waals surface area (Å²) in [5.74, 6) is 1.76. The fourth-order valence-electron chi connectivity index (χ4n) is 5.40. The molecule has 10 heteroatoms. The van der Waals surface area contributed by atoms with Crippen LogP contribution in [0.5, 0.6) is 11.5 Å². The molecule has 8 nitrogen and oxygen atoms in total. The van der Waals surface area contributed by atoms with Gasteiger partial charge in [0.2, 0.25) is 0 Å². The molecule has 5 rings (SSSR count). The highest BCUT2D eigenvalue weighted by molar-refractivity contribution is 6.30. The maximum atomic E-state index is 14.5. The predicted molar refractivity (Wildman–Crippen MR) is 161 cm³/mol. The normalized spacial score (nSPS) is 19.3. The standard InChI is InChI=1S/C31H34Cl2N4O4/c1-3-41-27-13-12-25(40-2)20-26(27)30-34-28(21-4-8-23(32)9-5-21)29(22-6-10-24(33)11-7-22)37(30)31(39)36-16-14-35(15-17-36)18-19-38/h4-13,20,28-29,38H,3,14-19H2,1-2H3. The molecule has 0 bridgehead atoms. The molecule has 0 spiro atoms. The summed E-state index contributed by atoms with van der Waals surface area (Å²) in [5.41, 5.74) is 2.51. The molecule has 2 aliphatic heterocycles. The molecule has 3 aromatic carbocycles. The lowest BCUT2D eigenvalue weighted by molar-refractivity contribution is 0.108. The van der Waals surface area contributed by atoms with E-state index in [2.05, 4.69) is 4.90 Å². The number of hydrogen-bond donors (Lipinski definition) is 1. The number of amides is 2. The Hall–Kier alpha value is -3.30. The molecule has 2 heterocycles. The Morgan fingerprint density at radius 1 is 0.951 bits per heavy atom. The molecule has 216 valence electrons. The van der Waals surface area contributed by atoms with Gasteiger partial charge in [-0.3, -0.25) is 14.8 Å². The lowest BCUT2D eigenvalue weighted by atomic mass is 9.93. The molecule has 1 N–H and O–H groups in total. The van der Waals surface area contributed by atoms with Gasteiger partial charge in [-0.05, 0) is 60.5 Å². The van der Waals surface area contributed by atoms with Gasteiger partial charge in [-0.25, -0.2) is 4.79 Å². The number of carbonyl (C=O) groups excluding carboxylic acids is 1. The first-order chi connectivity index (χ1) is 19.9. The summed E-state index contributed by atoms with van der Waals surface area (Å²) in [5, 5.41) is 10.6. The van der Waals surface area contributed by atoms with Gasteiger partial charge in [0, 0.05) is 42.8 Å². The minimum Gasteiger partial charge on any atom is -0.497 e. The van der Waals surface area contributed by atoms with Crippen LogP contribution >= 0.6 is 23.2 Å². The highest BCUT2D eigenvalue weighted by Gasteiger charge is 2.45. The van der Waals surface area contributed by atoms with E-state index in [1.165, 1.54) is 0 Å². The van der Waals surface area contributed by atoms with E-state index in [0.717, 1.165) is 11.1 Å². The molecule has 2 atom stereocenters. The van der Waals surface area contributed by atoms with E-state index in [9.17, 15) is 9.90 Å². The molecule has 0 saturated carbocycles. The zero-order valence-electron chi connectivity index (χ0n) is 23.2. The first kappa shape index (κ1) is 29.2. The number of methoxy groups -OCH3 is 1. The average molecular weight is 598 g/mol. The molecule has 0 aliphatic carbocycles. The van der Waals surface area contributed by atoms with Gasteiger partial charge < -0.3 is 19.5 Å². The molecule has 0 radical (unpaired) electrons. The smallest absolute Gasteiger partial charge is 0.326 e. The van der Waals surface area contributed by atoms with Crippen molar-refractivity contribution in [1.82, 2.24) is 14.7 Å². The molecule has 2 unspecified atom stereocenters. The highest BCUT2D eigenvalue weighted by atomic mass is 35.5. The van der Waals surface area contributed by atoms with E-state index in [1.807, 2.05) is 78.6 Å². The van der Waals surface area contributed by atoms with Gasteiger partial charge in [-0.15, -0.1) is 0 Å². The summed E-state index contributed by atoms with van der Waals surface area (Å²) in [6.45, 7) is 5.50. The van der Waals surface area contributed by atoms with Crippen molar-refractivity contribution in [2.45, 2.75) is 19.0 Å². The van der Waals surface area contributed by atoms with Gasteiger partial charge in [0.25, 0.3) is 0 Å². The number of ether oxygens (including phenoxy) is 2. The number of aliphatic imine (C=N–C) groups is 1. The van der Waals surface area contributed by atoms with Crippen molar-refractivity contribution >= 4 is 35.1 Å². The van der Waals surface area contributed by atoms with Crippen LogP contribution in [0.3, 0.4) is 0 Å². The Morgan fingerprint density at radius 2 is 1.59 bits per heavy atom. The number of piperazine rings is 1. The molecule has 41 heavy (non-hydrogen) atoms. The highest BCUT2D eigenvalue weighted by Crippen LogP contribution is 2.46. The van der Waals surface area contributed by atoms with Crippen LogP contribution in [0, 0.1) is 0 Å². The topological polar surface area (TPSA) is 77.8 Å². The van der Waals surface area contributed by atoms with Crippen molar-refractivity contribution in [2.75, 3.05) is 53.0 Å². The second kappa shape index (κ2) is 13.1. The van der Waals surface area contributed by atoms with Crippen LogP contribution in [0.2, 0.25) is 10.0 Å². The number of rotatable bonds is 8. The number of benzene rings is 3. The Kier molecular flexibility index (Phi) is 9.35. The third kappa shape index (κ3) is 6.31. The van der Waals surface area contributed by atoms with Gasteiger partial charge >= 0.3 is 6.03 Å². The van der Waals surface area contributed by atoms with Crippen LogP contribution in [0.4, 0.5) is 4.79 Å². The van der Waals surface area contributed by atoms with Gasteiger partial charge in [-0.2, -0.15) is 0 Å². The Morgan fingerprint density at radius 3 is 2.17 bits per heavy atom. The van der Waals surface area contributed by atoms with Crippen LogP contribution in [0.25, 0.3) is 0 Å². The Labute approximate surface area is 250 Å². The van der Waals surface area contributed by atoms with Gasteiger partial charge in [0.15, 0.2) is 0 Å². The number of urea groups is 1. The Bertz CT molecular complexity index is 1380. The van der Waals surface area contributed by atoms with Crippen LogP contribution in [-0.4, -0.2) is 84.7 Å². The summed E-state index contributed by atoms with van der Waals surface area (Å²) in [6.07, 6.45) is 0. The van der Waals surface area contributed by atoms with E-state index in [-0.39, 0.29) is 12.6 Å². The summed E-state index contributed by atoms with van der Waals surface area (Å²) >= 11 is 12.5. The lowest BCUT2D eigenvalue weighted by Crippen LogP contribution is -2.54. The summed E-state index contributed by atoms with van der Waals surface area (Å²) < 4.78 is 11.6. The zero-order valence-corrected chi connectivity index (χ0v) is 24.7. The number of hydrogen-bond acceptors (Lipinski definition) is 6. The Balaban J connectivity index is 1.65. The van der Waals surface area contributed by atoms with Gasteiger partial charge in [-0.1, -0.05) is 47.5 Å². The first-order valence-electron chi connectivity index (χ1n) is 13.7. The first-order valence-corrected chi connectivity index (χ1v) is 14.5. The monoisotopic (exact) mass is 596 g/mol. The third-order valence-corrected chi connectivity index (χ3v) is 7.99. The molecular weight excluding hydrogens is 563 g/mol. The van der Waals surface area contributed by atoms with E-state index >= 15 is 0 Å². The van der Waals surface area contributed by atoms with Gasteiger partial charge in [0.1, 0.15) is 23.4 Å². The molecule has 3 aromatic rings. The van der Waals surface area contributed by atoms with Crippen LogP contribution in [-0.2, 0) is 0 Å². The number of carbonyl (C=O) groups is 1. The number of nitrogens with zero attached hydrogens (tertiary/aromatic N) is 4. The van der Waals surface area contributed by atoms with Crippen molar-refractivity contribution < 1.29 is 19.4 Å². The number of amidine groups is 1. The second-order valence-electron chi connectivity index (χ2n) is 9.95. The molecule has 0 aromatic heterocycles. The van der Waals surface area contributed by atoms with E-state index < -0.39 is 12.1 Å². The van der Waals surface area contributed by atoms with E-state index in [4.69, 9.17) is 37.7 Å². The number of aliphatic hydroxyl groups is 1. The number of aliphatic hydroxyl groups excluding tert-OH is 1. The maximum absolute atomic E-state index is 14.5.